The molecule has 0 bridgehead atoms. The Hall–Kier alpha value is -2.19. The molecular formula is C17H16BrNO5S. The molecule has 2 aromatic carbocycles. The SMILES string of the molecule is CC(=O)Oc1ccc(N(C(C)=O)S(=O)(=O)c2ccc(C)cc2)c(Br)c1. The van der Waals surface area contributed by atoms with Crippen molar-refractivity contribution in [2.75, 3.05) is 4.31 Å². The first kappa shape index (κ1) is 19.1. The fourth-order valence-corrected chi connectivity index (χ4v) is 4.27. The first-order valence-corrected chi connectivity index (χ1v) is 9.47. The summed E-state index contributed by atoms with van der Waals surface area (Å²) in [6.45, 7) is 4.26. The van der Waals surface area contributed by atoms with Gasteiger partial charge < -0.3 is 4.74 Å². The van der Waals surface area contributed by atoms with Crippen LogP contribution in [-0.2, 0) is 19.6 Å². The minimum absolute atomic E-state index is 0.00395. The number of sulfonamides is 1. The van der Waals surface area contributed by atoms with Gasteiger partial charge in [0, 0.05) is 18.3 Å². The Kier molecular flexibility index (Phi) is 5.64. The largest absolute Gasteiger partial charge is 0.427 e. The third-order valence-electron chi connectivity index (χ3n) is 3.24. The van der Waals surface area contributed by atoms with E-state index < -0.39 is 21.9 Å². The molecule has 0 spiro atoms. The molecule has 1 amide bonds. The number of benzene rings is 2. The van der Waals surface area contributed by atoms with Crippen molar-refractivity contribution in [2.45, 2.75) is 25.7 Å². The van der Waals surface area contributed by atoms with Gasteiger partial charge in [-0.25, -0.2) is 12.7 Å². The van der Waals surface area contributed by atoms with Gasteiger partial charge in [-0.15, -0.1) is 0 Å². The van der Waals surface area contributed by atoms with Crippen molar-refractivity contribution in [3.8, 4) is 5.75 Å². The second-order valence-electron chi connectivity index (χ2n) is 5.31. The van der Waals surface area contributed by atoms with Crippen molar-refractivity contribution in [2.24, 2.45) is 0 Å². The molecule has 0 heterocycles. The number of ether oxygens (including phenoxy) is 1. The van der Waals surface area contributed by atoms with Crippen LogP contribution in [0.25, 0.3) is 0 Å². The molecule has 0 aliphatic heterocycles. The molecule has 0 unspecified atom stereocenters. The molecule has 0 aliphatic rings. The lowest BCUT2D eigenvalue weighted by molar-refractivity contribution is -0.131. The molecule has 6 nitrogen and oxygen atoms in total. The zero-order valence-electron chi connectivity index (χ0n) is 13.8. The summed E-state index contributed by atoms with van der Waals surface area (Å²) < 4.78 is 31.8. The third kappa shape index (κ3) is 4.26. The van der Waals surface area contributed by atoms with E-state index in [-0.39, 0.29) is 16.3 Å². The second kappa shape index (κ2) is 7.37. The van der Waals surface area contributed by atoms with Crippen LogP contribution in [0.4, 0.5) is 5.69 Å². The average molecular weight is 426 g/mol. The number of carbonyl (C=O) groups is 2. The molecule has 0 atom stereocenters. The summed E-state index contributed by atoms with van der Waals surface area (Å²) in [7, 11) is -4.08. The summed E-state index contributed by atoms with van der Waals surface area (Å²) in [6.07, 6.45) is 0. The Bertz CT molecular complexity index is 923. The van der Waals surface area contributed by atoms with E-state index in [1.807, 2.05) is 6.92 Å². The summed E-state index contributed by atoms with van der Waals surface area (Å²) in [6, 6.07) is 10.5. The van der Waals surface area contributed by atoms with Crippen LogP contribution >= 0.6 is 15.9 Å². The van der Waals surface area contributed by atoms with E-state index in [1.54, 1.807) is 12.1 Å². The predicted molar refractivity (Wildman–Crippen MR) is 97.0 cm³/mol. The number of rotatable bonds is 4. The number of amides is 1. The van der Waals surface area contributed by atoms with Crippen LogP contribution in [0.3, 0.4) is 0 Å². The Balaban J connectivity index is 2.53. The van der Waals surface area contributed by atoms with Gasteiger partial charge in [0.15, 0.2) is 0 Å². The molecule has 132 valence electrons. The van der Waals surface area contributed by atoms with E-state index in [1.165, 1.54) is 37.3 Å². The van der Waals surface area contributed by atoms with Gasteiger partial charge in [0.1, 0.15) is 5.75 Å². The van der Waals surface area contributed by atoms with Gasteiger partial charge in [-0.05, 0) is 53.2 Å². The molecule has 0 fully saturated rings. The quantitative estimate of drug-likeness (QED) is 0.553. The van der Waals surface area contributed by atoms with E-state index in [0.717, 1.165) is 12.5 Å². The van der Waals surface area contributed by atoms with Gasteiger partial charge in [-0.2, -0.15) is 0 Å². The van der Waals surface area contributed by atoms with Crippen LogP contribution in [0.5, 0.6) is 5.75 Å². The van der Waals surface area contributed by atoms with E-state index in [2.05, 4.69) is 15.9 Å². The molecule has 0 N–H and O–H groups in total. The van der Waals surface area contributed by atoms with Crippen molar-refractivity contribution in [1.82, 2.24) is 0 Å². The highest BCUT2D eigenvalue weighted by molar-refractivity contribution is 9.10. The third-order valence-corrected chi connectivity index (χ3v) is 5.68. The van der Waals surface area contributed by atoms with Gasteiger partial charge in [0.2, 0.25) is 5.91 Å². The first-order valence-electron chi connectivity index (χ1n) is 7.23. The number of halogens is 1. The Morgan fingerprint density at radius 1 is 1.04 bits per heavy atom. The maximum absolute atomic E-state index is 12.9. The van der Waals surface area contributed by atoms with Crippen LogP contribution < -0.4 is 9.04 Å². The van der Waals surface area contributed by atoms with Crippen LogP contribution in [0.2, 0.25) is 0 Å². The number of esters is 1. The molecule has 0 saturated carbocycles. The topological polar surface area (TPSA) is 80.8 Å². The number of anilines is 1. The molecule has 2 rings (SSSR count). The normalized spacial score (nSPS) is 11.0. The maximum Gasteiger partial charge on any atom is 0.308 e. The van der Waals surface area contributed by atoms with Crippen LogP contribution in [-0.4, -0.2) is 20.3 Å². The summed E-state index contributed by atoms with van der Waals surface area (Å²) in [5.41, 5.74) is 1.03. The Morgan fingerprint density at radius 2 is 1.64 bits per heavy atom. The van der Waals surface area contributed by atoms with Crippen LogP contribution in [0.15, 0.2) is 51.8 Å². The molecule has 0 radical (unpaired) electrons. The van der Waals surface area contributed by atoms with Crippen molar-refractivity contribution >= 4 is 43.5 Å². The van der Waals surface area contributed by atoms with Crippen molar-refractivity contribution in [1.29, 1.82) is 0 Å². The smallest absolute Gasteiger partial charge is 0.308 e. The zero-order chi connectivity index (χ0) is 18.8. The summed E-state index contributed by atoms with van der Waals surface area (Å²) >= 11 is 3.23. The molecule has 0 aromatic heterocycles. The number of hydrogen-bond donors (Lipinski definition) is 0. The Labute approximate surface area is 154 Å². The van der Waals surface area contributed by atoms with Gasteiger partial charge >= 0.3 is 5.97 Å². The maximum atomic E-state index is 12.9. The summed E-state index contributed by atoms with van der Waals surface area (Å²) in [5.74, 6) is -0.934. The lowest BCUT2D eigenvalue weighted by Crippen LogP contribution is -2.35. The zero-order valence-corrected chi connectivity index (χ0v) is 16.2. The highest BCUT2D eigenvalue weighted by Crippen LogP contribution is 2.34. The summed E-state index contributed by atoms with van der Waals surface area (Å²) in [5, 5.41) is 0. The minimum atomic E-state index is -4.08. The first-order chi connectivity index (χ1) is 11.6. The Morgan fingerprint density at radius 3 is 2.12 bits per heavy atom. The van der Waals surface area contributed by atoms with E-state index in [0.29, 0.717) is 8.78 Å². The second-order valence-corrected chi connectivity index (χ2v) is 7.95. The van der Waals surface area contributed by atoms with E-state index in [9.17, 15) is 18.0 Å². The molecular weight excluding hydrogens is 410 g/mol. The lowest BCUT2D eigenvalue weighted by Gasteiger charge is -2.22. The standard InChI is InChI=1S/C17H16BrNO5S/c1-11-4-7-15(8-5-11)25(22,23)19(12(2)20)17-9-6-14(10-16(17)18)24-13(3)21/h4-10H,1-3H3. The van der Waals surface area contributed by atoms with E-state index >= 15 is 0 Å². The molecule has 25 heavy (non-hydrogen) atoms. The molecule has 0 aliphatic carbocycles. The van der Waals surface area contributed by atoms with Gasteiger partial charge in [-0.1, -0.05) is 17.7 Å². The number of aryl methyl sites for hydroxylation is 1. The van der Waals surface area contributed by atoms with Crippen LogP contribution in [0.1, 0.15) is 19.4 Å². The predicted octanol–water partition coefficient (Wildman–Crippen LogP) is 3.42. The van der Waals surface area contributed by atoms with Crippen molar-refractivity contribution < 1.29 is 22.7 Å². The molecule has 8 heteroatoms. The van der Waals surface area contributed by atoms with Crippen molar-refractivity contribution in [3.63, 3.8) is 0 Å². The van der Waals surface area contributed by atoms with Gasteiger partial charge in [-0.3, -0.25) is 9.59 Å². The van der Waals surface area contributed by atoms with E-state index in [4.69, 9.17) is 4.74 Å². The van der Waals surface area contributed by atoms with Crippen molar-refractivity contribution in [3.05, 3.63) is 52.5 Å². The highest BCUT2D eigenvalue weighted by Gasteiger charge is 2.30. The number of carbonyl (C=O) groups excluding carboxylic acids is 2. The number of nitrogens with zero attached hydrogens (tertiary/aromatic N) is 1. The van der Waals surface area contributed by atoms with Gasteiger partial charge in [0.25, 0.3) is 10.0 Å². The highest BCUT2D eigenvalue weighted by atomic mass is 79.9. The fourth-order valence-electron chi connectivity index (χ4n) is 2.17. The summed E-state index contributed by atoms with van der Waals surface area (Å²) in [4.78, 5) is 23.1. The monoisotopic (exact) mass is 425 g/mol. The molecule has 0 saturated heterocycles. The van der Waals surface area contributed by atoms with Crippen LogP contribution in [0, 0.1) is 6.92 Å². The fraction of sp³-hybridized carbons (Fsp3) is 0.176. The minimum Gasteiger partial charge on any atom is -0.427 e. The molecule has 2 aromatic rings. The number of hydrogen-bond acceptors (Lipinski definition) is 5. The lowest BCUT2D eigenvalue weighted by atomic mass is 10.2. The average Bonchev–Trinajstić information content (AvgIpc) is 2.49. The van der Waals surface area contributed by atoms with Gasteiger partial charge in [0.05, 0.1) is 10.6 Å².